The molecular formula is C15H21BrN2O. The third-order valence-electron chi connectivity index (χ3n) is 4.18. The van der Waals surface area contributed by atoms with E-state index in [0.717, 1.165) is 26.2 Å². The lowest BCUT2D eigenvalue weighted by atomic mass is 10.1. The molecule has 19 heavy (non-hydrogen) atoms. The third-order valence-corrected chi connectivity index (χ3v) is 4.67. The first-order valence-electron chi connectivity index (χ1n) is 7.05. The third kappa shape index (κ3) is 3.02. The molecule has 1 aromatic rings. The van der Waals surface area contributed by atoms with Gasteiger partial charge in [0.05, 0.1) is 12.7 Å². The van der Waals surface area contributed by atoms with Crippen LogP contribution >= 0.6 is 15.9 Å². The number of nitrogens with zero attached hydrogens (tertiary/aromatic N) is 1. The van der Waals surface area contributed by atoms with Crippen molar-refractivity contribution in [2.75, 3.05) is 33.3 Å². The summed E-state index contributed by atoms with van der Waals surface area (Å²) in [5.41, 5.74) is 2.99. The Hall–Kier alpha value is -0.420. The van der Waals surface area contributed by atoms with Crippen molar-refractivity contribution in [3.05, 3.63) is 33.8 Å². The van der Waals surface area contributed by atoms with Gasteiger partial charge in [0.25, 0.3) is 0 Å². The number of fused-ring (bicyclic) bond motifs is 1. The van der Waals surface area contributed by atoms with E-state index < -0.39 is 0 Å². The van der Waals surface area contributed by atoms with Gasteiger partial charge < -0.3 is 10.1 Å². The van der Waals surface area contributed by atoms with Crippen LogP contribution in [0.4, 0.5) is 0 Å². The summed E-state index contributed by atoms with van der Waals surface area (Å²) in [6.45, 7) is 3.81. The molecule has 2 atom stereocenters. The van der Waals surface area contributed by atoms with Crippen LogP contribution in [0.2, 0.25) is 0 Å². The zero-order chi connectivity index (χ0) is 13.2. The maximum Gasteiger partial charge on any atom is 0.0826 e. The zero-order valence-electron chi connectivity index (χ0n) is 11.4. The highest BCUT2D eigenvalue weighted by atomic mass is 79.9. The van der Waals surface area contributed by atoms with Gasteiger partial charge in [0.15, 0.2) is 0 Å². The molecule has 1 heterocycles. The molecule has 2 aliphatic rings. The average molecular weight is 325 g/mol. The van der Waals surface area contributed by atoms with E-state index in [0.29, 0.717) is 12.1 Å². The Morgan fingerprint density at radius 2 is 2.37 bits per heavy atom. The van der Waals surface area contributed by atoms with Crippen molar-refractivity contribution in [3.8, 4) is 0 Å². The minimum atomic E-state index is 0.332. The van der Waals surface area contributed by atoms with Crippen LogP contribution in [-0.4, -0.2) is 44.3 Å². The van der Waals surface area contributed by atoms with Gasteiger partial charge in [-0.25, -0.2) is 0 Å². The number of morpholine rings is 1. The Labute approximate surface area is 123 Å². The molecule has 1 N–H and O–H groups in total. The largest absolute Gasteiger partial charge is 0.374 e. The van der Waals surface area contributed by atoms with Crippen molar-refractivity contribution in [3.63, 3.8) is 0 Å². The van der Waals surface area contributed by atoms with Gasteiger partial charge >= 0.3 is 0 Å². The predicted molar refractivity (Wildman–Crippen MR) is 80.4 cm³/mol. The van der Waals surface area contributed by atoms with Gasteiger partial charge in [-0.15, -0.1) is 0 Å². The van der Waals surface area contributed by atoms with E-state index >= 15 is 0 Å². The molecule has 1 aliphatic heterocycles. The quantitative estimate of drug-likeness (QED) is 0.923. The molecule has 104 valence electrons. The van der Waals surface area contributed by atoms with Crippen molar-refractivity contribution in [1.82, 2.24) is 10.2 Å². The number of benzene rings is 1. The first kappa shape index (κ1) is 13.6. The maximum absolute atomic E-state index is 5.80. The van der Waals surface area contributed by atoms with Crippen molar-refractivity contribution in [2.45, 2.75) is 25.0 Å². The van der Waals surface area contributed by atoms with Gasteiger partial charge in [0, 0.05) is 30.1 Å². The van der Waals surface area contributed by atoms with Crippen molar-refractivity contribution >= 4 is 15.9 Å². The molecule has 0 saturated carbocycles. The lowest BCUT2D eigenvalue weighted by molar-refractivity contribution is 0.00271. The highest BCUT2D eigenvalue weighted by Crippen LogP contribution is 2.36. The van der Waals surface area contributed by atoms with Crippen LogP contribution < -0.4 is 5.32 Å². The van der Waals surface area contributed by atoms with E-state index in [1.165, 1.54) is 28.4 Å². The van der Waals surface area contributed by atoms with Crippen molar-refractivity contribution in [2.24, 2.45) is 0 Å². The van der Waals surface area contributed by atoms with Gasteiger partial charge in [-0.3, -0.25) is 4.90 Å². The highest BCUT2D eigenvalue weighted by molar-refractivity contribution is 9.10. The fraction of sp³-hybridized carbons (Fsp3) is 0.600. The Bertz CT molecular complexity index is 446. The standard InChI is InChI=1S/C15H21BrN2O/c1-18(10-13-9-17-6-7-19-13)15-5-2-11-8-12(16)3-4-14(11)15/h3-4,8,13,15,17H,2,5-7,9-10H2,1H3. The highest BCUT2D eigenvalue weighted by Gasteiger charge is 2.27. The summed E-state index contributed by atoms with van der Waals surface area (Å²) < 4.78 is 6.99. The van der Waals surface area contributed by atoms with Crippen LogP contribution in [0.25, 0.3) is 0 Å². The van der Waals surface area contributed by atoms with Crippen LogP contribution in [0.5, 0.6) is 0 Å². The molecule has 0 aromatic heterocycles. The second-order valence-corrected chi connectivity index (χ2v) is 6.45. The molecule has 0 bridgehead atoms. The molecule has 0 amide bonds. The molecule has 1 aromatic carbocycles. The Balaban J connectivity index is 1.67. The van der Waals surface area contributed by atoms with Gasteiger partial charge in [0.2, 0.25) is 0 Å². The van der Waals surface area contributed by atoms with E-state index in [1.807, 2.05) is 0 Å². The number of aryl methyl sites for hydroxylation is 1. The smallest absolute Gasteiger partial charge is 0.0826 e. The SMILES string of the molecule is CN(CC1CNCCO1)C1CCc2cc(Br)ccc21. The topological polar surface area (TPSA) is 24.5 Å². The normalized spacial score (nSPS) is 26.7. The van der Waals surface area contributed by atoms with Gasteiger partial charge in [-0.05, 0) is 43.1 Å². The molecule has 1 fully saturated rings. The number of halogens is 1. The van der Waals surface area contributed by atoms with Gasteiger partial charge in [-0.2, -0.15) is 0 Å². The minimum Gasteiger partial charge on any atom is -0.374 e. The number of likely N-dealkylation sites (N-methyl/N-ethyl adjacent to an activating group) is 1. The summed E-state index contributed by atoms with van der Waals surface area (Å²) >= 11 is 3.56. The molecule has 1 aliphatic carbocycles. The molecule has 3 rings (SSSR count). The maximum atomic E-state index is 5.80. The number of rotatable bonds is 3. The lowest BCUT2D eigenvalue weighted by Crippen LogP contribution is -2.44. The minimum absolute atomic E-state index is 0.332. The van der Waals surface area contributed by atoms with E-state index in [4.69, 9.17) is 4.74 Å². The number of hydrogen-bond acceptors (Lipinski definition) is 3. The molecular weight excluding hydrogens is 304 g/mol. The van der Waals surface area contributed by atoms with Gasteiger partial charge in [0.1, 0.15) is 0 Å². The fourth-order valence-electron chi connectivity index (χ4n) is 3.21. The molecule has 2 unspecified atom stereocenters. The van der Waals surface area contributed by atoms with Crippen molar-refractivity contribution in [1.29, 1.82) is 0 Å². The molecule has 0 radical (unpaired) electrons. The van der Waals surface area contributed by atoms with E-state index in [2.05, 4.69) is 51.4 Å². The summed E-state index contributed by atoms with van der Waals surface area (Å²) in [7, 11) is 2.22. The Morgan fingerprint density at radius 1 is 1.47 bits per heavy atom. The van der Waals surface area contributed by atoms with Crippen LogP contribution in [0, 0.1) is 0 Å². The monoisotopic (exact) mass is 324 g/mol. The van der Waals surface area contributed by atoms with Crippen LogP contribution in [0.3, 0.4) is 0 Å². The zero-order valence-corrected chi connectivity index (χ0v) is 12.9. The molecule has 0 spiro atoms. The van der Waals surface area contributed by atoms with Gasteiger partial charge in [-0.1, -0.05) is 22.0 Å². The van der Waals surface area contributed by atoms with E-state index in [-0.39, 0.29) is 0 Å². The summed E-state index contributed by atoms with van der Waals surface area (Å²) in [6.07, 6.45) is 2.74. The van der Waals surface area contributed by atoms with Crippen LogP contribution in [0.1, 0.15) is 23.6 Å². The lowest BCUT2D eigenvalue weighted by Gasteiger charge is -2.31. The average Bonchev–Trinajstić information content (AvgIpc) is 2.82. The predicted octanol–water partition coefficient (Wildman–Crippen LogP) is 2.36. The molecule has 4 heteroatoms. The summed E-state index contributed by atoms with van der Waals surface area (Å²) in [6, 6.07) is 7.24. The molecule has 3 nitrogen and oxygen atoms in total. The Kier molecular flexibility index (Phi) is 4.22. The van der Waals surface area contributed by atoms with Crippen LogP contribution in [-0.2, 0) is 11.2 Å². The van der Waals surface area contributed by atoms with Crippen molar-refractivity contribution < 1.29 is 4.74 Å². The first-order chi connectivity index (χ1) is 9.24. The number of nitrogens with one attached hydrogen (secondary N) is 1. The van der Waals surface area contributed by atoms with E-state index in [1.54, 1.807) is 0 Å². The second kappa shape index (κ2) is 5.92. The van der Waals surface area contributed by atoms with E-state index in [9.17, 15) is 0 Å². The van der Waals surface area contributed by atoms with Crippen LogP contribution in [0.15, 0.2) is 22.7 Å². The second-order valence-electron chi connectivity index (χ2n) is 5.53. The number of ether oxygens (including phenoxy) is 1. The summed E-state index contributed by atoms with van der Waals surface area (Å²) in [4.78, 5) is 2.46. The summed E-state index contributed by atoms with van der Waals surface area (Å²) in [5.74, 6) is 0. The Morgan fingerprint density at radius 3 is 3.16 bits per heavy atom. The molecule has 1 saturated heterocycles. The number of hydrogen-bond donors (Lipinski definition) is 1. The fourth-order valence-corrected chi connectivity index (χ4v) is 3.62. The first-order valence-corrected chi connectivity index (χ1v) is 7.84. The summed E-state index contributed by atoms with van der Waals surface area (Å²) in [5, 5.41) is 3.40.